The Labute approximate surface area is 121 Å². The number of carbonyl (C=O) groups is 3. The number of esters is 3. The van der Waals surface area contributed by atoms with Crippen LogP contribution in [0.4, 0.5) is 0 Å². The highest BCUT2D eigenvalue weighted by Gasteiger charge is 2.24. The van der Waals surface area contributed by atoms with Gasteiger partial charge in [-0.25, -0.2) is 0 Å². The van der Waals surface area contributed by atoms with Crippen molar-refractivity contribution in [2.45, 2.75) is 27.7 Å². The first-order valence-electron chi connectivity index (χ1n) is 6.03. The van der Waals surface area contributed by atoms with E-state index in [-0.39, 0.29) is 23.0 Å². The van der Waals surface area contributed by atoms with Crippen molar-refractivity contribution in [1.29, 1.82) is 0 Å². The Hall–Kier alpha value is -2.57. The molecule has 0 atom stereocenters. The summed E-state index contributed by atoms with van der Waals surface area (Å²) >= 11 is 0. The predicted octanol–water partition coefficient (Wildman–Crippen LogP) is 1.78. The van der Waals surface area contributed by atoms with E-state index < -0.39 is 17.9 Å². The Morgan fingerprint density at radius 3 is 1.71 bits per heavy atom. The molecule has 114 valence electrons. The van der Waals surface area contributed by atoms with Gasteiger partial charge < -0.3 is 18.9 Å². The summed E-state index contributed by atoms with van der Waals surface area (Å²) in [6.45, 7) is 5.23. The lowest BCUT2D eigenvalue weighted by molar-refractivity contribution is -0.134. The molecule has 7 heteroatoms. The van der Waals surface area contributed by atoms with Gasteiger partial charge in [0.25, 0.3) is 0 Å². The van der Waals surface area contributed by atoms with E-state index in [4.69, 9.17) is 18.9 Å². The fourth-order valence-electron chi connectivity index (χ4n) is 1.65. The number of hydrogen-bond donors (Lipinski definition) is 0. The number of rotatable bonds is 4. The molecule has 7 nitrogen and oxygen atoms in total. The highest BCUT2D eigenvalue weighted by Crippen LogP contribution is 2.47. The van der Waals surface area contributed by atoms with Gasteiger partial charge in [-0.3, -0.25) is 14.4 Å². The van der Waals surface area contributed by atoms with Crippen molar-refractivity contribution in [3.63, 3.8) is 0 Å². The lowest BCUT2D eigenvalue weighted by atomic mass is 10.1. The smallest absolute Gasteiger partial charge is 0.308 e. The molecular weight excluding hydrogens is 280 g/mol. The largest absolute Gasteiger partial charge is 0.490 e. The van der Waals surface area contributed by atoms with Gasteiger partial charge >= 0.3 is 17.9 Å². The van der Waals surface area contributed by atoms with E-state index in [2.05, 4.69) is 0 Å². The van der Waals surface area contributed by atoms with Crippen LogP contribution >= 0.6 is 0 Å². The molecule has 0 spiro atoms. The van der Waals surface area contributed by atoms with E-state index >= 15 is 0 Å². The summed E-state index contributed by atoms with van der Waals surface area (Å²) in [5, 5.41) is 0. The van der Waals surface area contributed by atoms with E-state index in [0.717, 1.165) is 0 Å². The fourth-order valence-corrected chi connectivity index (χ4v) is 1.65. The maximum absolute atomic E-state index is 11.2. The lowest BCUT2D eigenvalue weighted by Gasteiger charge is -2.17. The van der Waals surface area contributed by atoms with Crippen LogP contribution in [0.5, 0.6) is 23.0 Å². The number of hydrogen-bond acceptors (Lipinski definition) is 7. The summed E-state index contributed by atoms with van der Waals surface area (Å²) in [5.41, 5.74) is 0.443. The number of aryl methyl sites for hydroxylation is 1. The molecule has 0 aliphatic heterocycles. The van der Waals surface area contributed by atoms with Gasteiger partial charge in [0.2, 0.25) is 11.5 Å². The van der Waals surface area contributed by atoms with E-state index in [1.165, 1.54) is 33.9 Å². The van der Waals surface area contributed by atoms with Crippen LogP contribution in [-0.4, -0.2) is 25.0 Å². The van der Waals surface area contributed by atoms with Crippen molar-refractivity contribution in [1.82, 2.24) is 0 Å². The van der Waals surface area contributed by atoms with E-state index in [9.17, 15) is 14.4 Å². The summed E-state index contributed by atoms with van der Waals surface area (Å²) < 4.78 is 20.2. The SMILES string of the molecule is COc1c(OC(C)=O)cc(C)c(OC(C)=O)c1OC(C)=O. The quantitative estimate of drug-likeness (QED) is 0.618. The standard InChI is InChI=1S/C14H16O7/c1-7-6-11(19-8(2)15)13(18-5)14(21-10(4)17)12(7)20-9(3)16/h6H,1-5H3. The van der Waals surface area contributed by atoms with Gasteiger partial charge in [0, 0.05) is 20.8 Å². The van der Waals surface area contributed by atoms with E-state index in [1.54, 1.807) is 6.92 Å². The molecule has 0 aliphatic carbocycles. The zero-order valence-electron chi connectivity index (χ0n) is 12.4. The average molecular weight is 296 g/mol. The van der Waals surface area contributed by atoms with Gasteiger partial charge in [0.15, 0.2) is 11.5 Å². The topological polar surface area (TPSA) is 88.1 Å². The van der Waals surface area contributed by atoms with Crippen LogP contribution in [0, 0.1) is 6.92 Å². The summed E-state index contributed by atoms with van der Waals surface area (Å²) in [4.78, 5) is 33.5. The van der Waals surface area contributed by atoms with Gasteiger partial charge in [-0.1, -0.05) is 0 Å². The molecule has 0 amide bonds. The zero-order valence-corrected chi connectivity index (χ0v) is 12.4. The first-order valence-corrected chi connectivity index (χ1v) is 6.03. The molecular formula is C14H16O7. The van der Waals surface area contributed by atoms with Crippen LogP contribution < -0.4 is 18.9 Å². The molecule has 0 aliphatic rings. The van der Waals surface area contributed by atoms with Crippen molar-refractivity contribution < 1.29 is 33.3 Å². The molecule has 0 radical (unpaired) electrons. The van der Waals surface area contributed by atoms with E-state index in [1.807, 2.05) is 0 Å². The predicted molar refractivity (Wildman–Crippen MR) is 71.7 cm³/mol. The van der Waals surface area contributed by atoms with Crippen LogP contribution in [0.3, 0.4) is 0 Å². The molecule has 0 bridgehead atoms. The second-order valence-corrected chi connectivity index (χ2v) is 4.16. The number of benzene rings is 1. The lowest BCUT2D eigenvalue weighted by Crippen LogP contribution is -2.11. The molecule has 1 rings (SSSR count). The molecule has 0 aromatic heterocycles. The first kappa shape index (κ1) is 16.5. The second-order valence-electron chi connectivity index (χ2n) is 4.16. The second kappa shape index (κ2) is 6.74. The molecule has 0 saturated carbocycles. The maximum atomic E-state index is 11.2. The number of ether oxygens (including phenoxy) is 4. The van der Waals surface area contributed by atoms with Crippen LogP contribution in [0.1, 0.15) is 26.3 Å². The van der Waals surface area contributed by atoms with Crippen molar-refractivity contribution in [3.8, 4) is 23.0 Å². The van der Waals surface area contributed by atoms with E-state index in [0.29, 0.717) is 5.56 Å². The normalized spacial score (nSPS) is 9.76. The third-order valence-corrected chi connectivity index (χ3v) is 2.29. The third-order valence-electron chi connectivity index (χ3n) is 2.29. The van der Waals surface area contributed by atoms with Gasteiger partial charge in [0.05, 0.1) is 7.11 Å². The highest BCUT2D eigenvalue weighted by molar-refractivity contribution is 5.79. The maximum Gasteiger partial charge on any atom is 0.308 e. The third kappa shape index (κ3) is 4.20. The van der Waals surface area contributed by atoms with Crippen LogP contribution in [0.15, 0.2) is 6.07 Å². The molecule has 0 heterocycles. The molecule has 1 aromatic rings. The van der Waals surface area contributed by atoms with Gasteiger partial charge in [-0.15, -0.1) is 0 Å². The van der Waals surface area contributed by atoms with Gasteiger partial charge in [0.1, 0.15) is 0 Å². The zero-order chi connectivity index (χ0) is 16.2. The van der Waals surface area contributed by atoms with Crippen LogP contribution in [-0.2, 0) is 14.4 Å². The number of carbonyl (C=O) groups excluding carboxylic acids is 3. The van der Waals surface area contributed by atoms with Crippen LogP contribution in [0.25, 0.3) is 0 Å². The molecule has 0 fully saturated rings. The summed E-state index contributed by atoms with van der Waals surface area (Å²) in [6.07, 6.45) is 0. The van der Waals surface area contributed by atoms with Crippen molar-refractivity contribution in [3.05, 3.63) is 11.6 Å². The molecule has 1 aromatic carbocycles. The minimum atomic E-state index is -0.638. The minimum Gasteiger partial charge on any atom is -0.490 e. The summed E-state index contributed by atoms with van der Waals surface area (Å²) in [5.74, 6) is -1.82. The first-order chi connectivity index (χ1) is 9.76. The van der Waals surface area contributed by atoms with Crippen molar-refractivity contribution >= 4 is 17.9 Å². The van der Waals surface area contributed by atoms with Gasteiger partial charge in [-0.05, 0) is 18.6 Å². The van der Waals surface area contributed by atoms with Crippen molar-refractivity contribution in [2.75, 3.05) is 7.11 Å². The fraction of sp³-hybridized carbons (Fsp3) is 0.357. The Kier molecular flexibility index (Phi) is 5.29. The Morgan fingerprint density at radius 2 is 1.29 bits per heavy atom. The molecule has 21 heavy (non-hydrogen) atoms. The average Bonchev–Trinajstić information content (AvgIpc) is 2.32. The molecule has 0 N–H and O–H groups in total. The van der Waals surface area contributed by atoms with Crippen LogP contribution in [0.2, 0.25) is 0 Å². The van der Waals surface area contributed by atoms with Gasteiger partial charge in [-0.2, -0.15) is 0 Å². The highest BCUT2D eigenvalue weighted by atomic mass is 16.6. The van der Waals surface area contributed by atoms with Crippen molar-refractivity contribution in [2.24, 2.45) is 0 Å². The summed E-state index contributed by atoms with van der Waals surface area (Å²) in [7, 11) is 1.31. The Balaban J connectivity index is 3.53. The Bertz CT molecular complexity index is 589. The molecule has 0 unspecified atom stereocenters. The molecule has 0 saturated heterocycles. The number of methoxy groups -OCH3 is 1. The summed E-state index contributed by atoms with van der Waals surface area (Å²) in [6, 6.07) is 1.45. The monoisotopic (exact) mass is 296 g/mol. The minimum absolute atomic E-state index is 0.0118. The Morgan fingerprint density at radius 1 is 0.810 bits per heavy atom.